The Morgan fingerprint density at radius 3 is 1.92 bits per heavy atom. The van der Waals surface area contributed by atoms with E-state index in [1.807, 2.05) is 0 Å². The van der Waals surface area contributed by atoms with Crippen molar-refractivity contribution in [2.45, 2.75) is 9.79 Å². The zero-order chi connectivity index (χ0) is 17.9. The highest BCUT2D eigenvalue weighted by Gasteiger charge is 2.29. The summed E-state index contributed by atoms with van der Waals surface area (Å²) in [5.41, 5.74) is -4.64. The zero-order valence-corrected chi connectivity index (χ0v) is 13.0. The van der Waals surface area contributed by atoms with Crippen LogP contribution in [0, 0.1) is 0 Å². The van der Waals surface area contributed by atoms with Gasteiger partial charge in [0.25, 0.3) is 0 Å². The third-order valence-corrected chi connectivity index (χ3v) is 5.63. The summed E-state index contributed by atoms with van der Waals surface area (Å²) >= 11 is 0. The third-order valence-electron chi connectivity index (χ3n) is 3.84. The van der Waals surface area contributed by atoms with Crippen LogP contribution in [0.25, 0.3) is 21.5 Å². The summed E-state index contributed by atoms with van der Waals surface area (Å²) in [5.74, 6) is 0. The maximum absolute atomic E-state index is 12.9. The molecular weight excluding hydrogens is 352 g/mol. The minimum absolute atomic E-state index is 0.151. The van der Waals surface area contributed by atoms with E-state index in [-0.39, 0.29) is 4.90 Å². The fourth-order valence-corrected chi connectivity index (χ4v) is 4.25. The molecule has 0 fully saturated rings. The van der Waals surface area contributed by atoms with Gasteiger partial charge in [-0.25, -0.2) is 27.6 Å². The van der Waals surface area contributed by atoms with E-state index in [1.54, 1.807) is 6.07 Å². The molecule has 2 aromatic carbocycles. The van der Waals surface area contributed by atoms with Crippen LogP contribution in [0.5, 0.6) is 0 Å². The Hall–Kier alpha value is -3.33. The maximum Gasteiger partial charge on any atom is 0.348 e. The van der Waals surface area contributed by atoms with Crippen LogP contribution < -0.4 is 22.5 Å². The summed E-state index contributed by atoms with van der Waals surface area (Å²) in [6.07, 6.45) is 0. The van der Waals surface area contributed by atoms with Crippen molar-refractivity contribution in [2.24, 2.45) is 0 Å². The van der Waals surface area contributed by atoms with Gasteiger partial charge in [-0.3, -0.25) is 0 Å². The van der Waals surface area contributed by atoms with Crippen LogP contribution >= 0.6 is 0 Å². The van der Waals surface area contributed by atoms with Crippen molar-refractivity contribution < 1.29 is 17.3 Å². The summed E-state index contributed by atoms with van der Waals surface area (Å²) in [6, 6.07) is 7.99. The van der Waals surface area contributed by atoms with Gasteiger partial charge in [0.15, 0.2) is 0 Å². The van der Waals surface area contributed by atoms with E-state index in [4.69, 9.17) is 0 Å². The number of sulfone groups is 1. The molecule has 4 rings (SSSR count). The topological polar surface area (TPSA) is 129 Å². The predicted octanol–water partition coefficient (Wildman–Crippen LogP) is 0.328. The monoisotopic (exact) mass is 358 g/mol. The molecule has 0 bridgehead atoms. The van der Waals surface area contributed by atoms with Crippen LogP contribution in [0.1, 0.15) is 0 Å². The molecular formula is C16H6O8S. The highest BCUT2D eigenvalue weighted by atomic mass is 32.2. The molecule has 9 heteroatoms. The molecule has 2 aromatic heterocycles. The lowest BCUT2D eigenvalue weighted by Crippen LogP contribution is -2.07. The van der Waals surface area contributed by atoms with Crippen LogP contribution in [-0.2, 0) is 9.84 Å². The van der Waals surface area contributed by atoms with Gasteiger partial charge in [-0.05, 0) is 18.2 Å². The zero-order valence-electron chi connectivity index (χ0n) is 12.1. The van der Waals surface area contributed by atoms with Gasteiger partial charge in [0.2, 0.25) is 9.84 Å². The minimum Gasteiger partial charge on any atom is -0.386 e. The largest absolute Gasteiger partial charge is 0.386 e. The van der Waals surface area contributed by atoms with E-state index in [2.05, 4.69) is 8.83 Å². The first-order valence-electron chi connectivity index (χ1n) is 6.86. The van der Waals surface area contributed by atoms with Crippen LogP contribution in [0.4, 0.5) is 0 Å². The van der Waals surface area contributed by atoms with Gasteiger partial charge in [0, 0.05) is 0 Å². The molecule has 0 aliphatic rings. The van der Waals surface area contributed by atoms with Gasteiger partial charge in [0.1, 0.15) is 0 Å². The Morgan fingerprint density at radius 2 is 1.24 bits per heavy atom. The summed E-state index contributed by atoms with van der Waals surface area (Å²) in [7, 11) is -4.26. The van der Waals surface area contributed by atoms with Gasteiger partial charge >= 0.3 is 22.5 Å². The smallest absolute Gasteiger partial charge is 0.348 e. The average molecular weight is 358 g/mol. The summed E-state index contributed by atoms with van der Waals surface area (Å²) in [6.45, 7) is 0. The standard InChI is InChI=1S/C16H6O8S/c17-13-8-6-9(25(21,22)7-4-2-1-3-5-7)11-12(10(8)14(18)23-13)16(20)24-15(11)19/h1-6H. The number of rotatable bonds is 2. The summed E-state index contributed by atoms with van der Waals surface area (Å²) in [5, 5.41) is -1.99. The van der Waals surface area contributed by atoms with E-state index in [0.717, 1.165) is 6.07 Å². The van der Waals surface area contributed by atoms with Crippen molar-refractivity contribution in [2.75, 3.05) is 0 Å². The second kappa shape index (κ2) is 4.84. The number of hydrogen-bond donors (Lipinski definition) is 0. The fraction of sp³-hybridized carbons (Fsp3) is 0. The number of fused-ring (bicyclic) bond motifs is 3. The molecule has 0 spiro atoms. The van der Waals surface area contributed by atoms with Crippen LogP contribution in [-0.4, -0.2) is 8.42 Å². The quantitative estimate of drug-likeness (QED) is 0.501. The Balaban J connectivity index is 2.32. The number of furan rings is 2. The second-order valence-electron chi connectivity index (χ2n) is 5.22. The molecule has 0 N–H and O–H groups in total. The molecule has 0 aliphatic heterocycles. The number of benzene rings is 2. The van der Waals surface area contributed by atoms with Crippen molar-refractivity contribution in [1.29, 1.82) is 0 Å². The molecule has 25 heavy (non-hydrogen) atoms. The molecule has 0 saturated heterocycles. The highest BCUT2D eigenvalue weighted by molar-refractivity contribution is 7.91. The second-order valence-corrected chi connectivity index (χ2v) is 7.14. The molecule has 0 saturated carbocycles. The lowest BCUT2D eigenvalue weighted by atomic mass is 10.1. The highest BCUT2D eigenvalue weighted by Crippen LogP contribution is 2.29. The molecule has 0 atom stereocenters. The first kappa shape index (κ1) is 15.2. The molecule has 0 amide bonds. The summed E-state index contributed by atoms with van der Waals surface area (Å²) in [4.78, 5) is 46.8. The van der Waals surface area contributed by atoms with Gasteiger partial charge < -0.3 is 8.83 Å². The Labute approximate surface area is 137 Å². The first-order chi connectivity index (χ1) is 11.8. The molecule has 2 heterocycles. The summed E-state index contributed by atoms with van der Waals surface area (Å²) < 4.78 is 34.6. The van der Waals surface area contributed by atoms with Crippen molar-refractivity contribution in [1.82, 2.24) is 0 Å². The SMILES string of the molecule is O=c1oc(=O)c2c1cc(S(=O)(=O)c1ccccc1)c1c(=O)oc(=O)c12. The van der Waals surface area contributed by atoms with Gasteiger partial charge in [-0.2, -0.15) is 0 Å². The Morgan fingerprint density at radius 1 is 0.680 bits per heavy atom. The lowest BCUT2D eigenvalue weighted by Gasteiger charge is -2.05. The molecule has 0 radical (unpaired) electrons. The fourth-order valence-electron chi connectivity index (χ4n) is 2.75. The van der Waals surface area contributed by atoms with Crippen molar-refractivity contribution >= 4 is 31.4 Å². The lowest BCUT2D eigenvalue weighted by molar-refractivity contribution is 0.496. The Bertz CT molecular complexity index is 1460. The average Bonchev–Trinajstić information content (AvgIpc) is 3.04. The third kappa shape index (κ3) is 1.96. The van der Waals surface area contributed by atoms with Crippen molar-refractivity contribution in [3.63, 3.8) is 0 Å². The minimum atomic E-state index is -4.26. The molecule has 8 nitrogen and oxygen atoms in total. The molecule has 124 valence electrons. The predicted molar refractivity (Wildman–Crippen MR) is 85.3 cm³/mol. The molecule has 0 aliphatic carbocycles. The van der Waals surface area contributed by atoms with Gasteiger partial charge in [-0.1, -0.05) is 18.2 Å². The van der Waals surface area contributed by atoms with E-state index < -0.39 is 58.8 Å². The molecule has 0 unspecified atom stereocenters. The van der Waals surface area contributed by atoms with E-state index in [0.29, 0.717) is 0 Å². The van der Waals surface area contributed by atoms with E-state index in [9.17, 15) is 27.6 Å². The van der Waals surface area contributed by atoms with Crippen molar-refractivity contribution in [3.05, 3.63) is 78.1 Å². The van der Waals surface area contributed by atoms with Crippen LogP contribution in [0.2, 0.25) is 0 Å². The van der Waals surface area contributed by atoms with Crippen LogP contribution in [0.15, 0.2) is 74.2 Å². The van der Waals surface area contributed by atoms with E-state index in [1.165, 1.54) is 24.3 Å². The van der Waals surface area contributed by atoms with Crippen LogP contribution in [0.3, 0.4) is 0 Å². The molecule has 4 aromatic rings. The van der Waals surface area contributed by atoms with Crippen molar-refractivity contribution in [3.8, 4) is 0 Å². The normalized spacial score (nSPS) is 12.2. The Kier molecular flexibility index (Phi) is 2.94. The number of hydrogen-bond acceptors (Lipinski definition) is 8. The van der Waals surface area contributed by atoms with E-state index >= 15 is 0 Å². The van der Waals surface area contributed by atoms with Gasteiger partial charge in [0.05, 0.1) is 31.3 Å². The van der Waals surface area contributed by atoms with Gasteiger partial charge in [-0.15, -0.1) is 0 Å². The first-order valence-corrected chi connectivity index (χ1v) is 8.35. The maximum atomic E-state index is 12.9.